The number of benzene rings is 1. The van der Waals surface area contributed by atoms with Crippen LogP contribution in [0.1, 0.15) is 118 Å². The fourth-order valence-corrected chi connectivity index (χ4v) is 6.11. The fourth-order valence-electron chi connectivity index (χ4n) is 6.11. The minimum absolute atomic E-state index is 0.0552. The highest BCUT2D eigenvalue weighted by Gasteiger charge is 2.34. The molecule has 0 atom stereocenters. The van der Waals surface area contributed by atoms with Crippen LogP contribution in [-0.4, -0.2) is 17.7 Å². The number of rotatable bonds is 6. The molecule has 2 fully saturated rings. The summed E-state index contributed by atoms with van der Waals surface area (Å²) in [5.74, 6) is 0.642. The average molecular weight is 470 g/mol. The van der Waals surface area contributed by atoms with Gasteiger partial charge in [-0.05, 0) is 98.1 Å². The van der Waals surface area contributed by atoms with E-state index in [9.17, 15) is 14.4 Å². The normalized spacial score (nSPS) is 25.7. The van der Waals surface area contributed by atoms with Gasteiger partial charge in [-0.25, -0.2) is 0 Å². The fraction of sp³-hybridized carbons (Fsp3) is 0.679. The molecule has 0 aliphatic heterocycles. The summed E-state index contributed by atoms with van der Waals surface area (Å²) in [5.41, 5.74) is 13.4. The largest absolute Gasteiger partial charge is 0.366 e. The van der Waals surface area contributed by atoms with Crippen LogP contribution in [0.2, 0.25) is 0 Å². The van der Waals surface area contributed by atoms with Crippen molar-refractivity contribution in [3.63, 3.8) is 0 Å². The third kappa shape index (κ3) is 6.00. The summed E-state index contributed by atoms with van der Waals surface area (Å²) in [6, 6.07) is 3.27. The molecule has 2 aliphatic carbocycles. The van der Waals surface area contributed by atoms with Crippen molar-refractivity contribution >= 4 is 23.4 Å². The van der Waals surface area contributed by atoms with Crippen LogP contribution in [-0.2, 0) is 4.79 Å². The van der Waals surface area contributed by atoms with Gasteiger partial charge < -0.3 is 16.8 Å². The minimum atomic E-state index is -0.594. The smallest absolute Gasteiger partial charge is 0.249 e. The third-order valence-corrected chi connectivity index (χ3v) is 8.42. The molecule has 0 heterocycles. The molecule has 5 N–H and O–H groups in total. The van der Waals surface area contributed by atoms with E-state index >= 15 is 0 Å². The molecule has 188 valence electrons. The van der Waals surface area contributed by atoms with Crippen LogP contribution >= 0.6 is 0 Å². The number of nitrogens with one attached hydrogen (secondary N) is 1. The van der Waals surface area contributed by atoms with Crippen molar-refractivity contribution in [1.29, 1.82) is 0 Å². The maximum atomic E-state index is 13.0. The van der Waals surface area contributed by atoms with Gasteiger partial charge >= 0.3 is 0 Å². The van der Waals surface area contributed by atoms with Crippen molar-refractivity contribution in [2.75, 3.05) is 5.32 Å². The van der Waals surface area contributed by atoms with Crippen molar-refractivity contribution in [3.05, 3.63) is 28.8 Å². The van der Waals surface area contributed by atoms with Crippen molar-refractivity contribution in [2.45, 2.75) is 91.9 Å². The second kappa shape index (κ2) is 10.5. The van der Waals surface area contributed by atoms with E-state index in [0.717, 1.165) is 51.4 Å². The molecule has 2 saturated carbocycles. The number of primary amides is 2. The van der Waals surface area contributed by atoms with Gasteiger partial charge in [-0.1, -0.05) is 34.6 Å². The lowest BCUT2D eigenvalue weighted by Gasteiger charge is -2.38. The van der Waals surface area contributed by atoms with E-state index < -0.39 is 11.8 Å². The molecule has 0 bridgehead atoms. The van der Waals surface area contributed by atoms with Crippen molar-refractivity contribution in [3.8, 4) is 0 Å². The summed E-state index contributed by atoms with van der Waals surface area (Å²) in [4.78, 5) is 37.9. The van der Waals surface area contributed by atoms with Crippen LogP contribution in [0.5, 0.6) is 0 Å². The second-order valence-corrected chi connectivity index (χ2v) is 12.0. The summed E-state index contributed by atoms with van der Waals surface area (Å²) >= 11 is 0. The summed E-state index contributed by atoms with van der Waals surface area (Å²) in [5, 5.41) is 2.95. The highest BCUT2D eigenvalue weighted by Crippen LogP contribution is 2.45. The van der Waals surface area contributed by atoms with Crippen LogP contribution in [0.4, 0.5) is 5.69 Å². The van der Waals surface area contributed by atoms with E-state index in [0.29, 0.717) is 40.1 Å². The molecule has 6 heteroatoms. The summed E-state index contributed by atoms with van der Waals surface area (Å²) < 4.78 is 0. The molecular formula is C28H43N3O3. The van der Waals surface area contributed by atoms with Gasteiger partial charge in [0.15, 0.2) is 0 Å². The number of hydrogen-bond donors (Lipinski definition) is 3. The van der Waals surface area contributed by atoms with Gasteiger partial charge in [0, 0.05) is 22.7 Å². The monoisotopic (exact) mass is 469 g/mol. The SMILES string of the molecule is CC(C)[C@H]1CC[C@@H](C(=O)Nc2cc(C(N)=O)c([C@H]3CC[C@@H](C(C)(C)C)CC3)c(C(N)=O)c2)CC1. The standard InChI is InChI=1S/C28H43N3O3/c1-16(2)17-6-8-19(9-7-17)27(34)31-21-14-22(25(29)32)24(23(15-21)26(30)33)18-10-12-20(13-11-18)28(3,4)5/h14-20H,6-13H2,1-5H3,(H2,29,32)(H2,30,33)(H,31,34)/t17-,18-,19+,20+. The number of hydrogen-bond acceptors (Lipinski definition) is 3. The van der Waals surface area contributed by atoms with Gasteiger partial charge in [-0.3, -0.25) is 14.4 Å². The first kappa shape index (κ1) is 26.2. The molecule has 3 rings (SSSR count). The lowest BCUT2D eigenvalue weighted by molar-refractivity contribution is -0.121. The zero-order valence-corrected chi connectivity index (χ0v) is 21.6. The van der Waals surface area contributed by atoms with Gasteiger partial charge in [0.2, 0.25) is 17.7 Å². The molecular weight excluding hydrogens is 426 g/mol. The Labute approximate surface area is 204 Å². The Morgan fingerprint density at radius 2 is 1.35 bits per heavy atom. The molecule has 2 aliphatic rings. The minimum Gasteiger partial charge on any atom is -0.366 e. The first-order valence-electron chi connectivity index (χ1n) is 13.0. The molecule has 34 heavy (non-hydrogen) atoms. The molecule has 3 amide bonds. The Bertz CT molecular complexity index is 880. The average Bonchev–Trinajstić information content (AvgIpc) is 2.78. The summed E-state index contributed by atoms with van der Waals surface area (Å²) in [6.45, 7) is 11.2. The first-order valence-corrected chi connectivity index (χ1v) is 13.0. The van der Waals surface area contributed by atoms with E-state index in [-0.39, 0.29) is 23.2 Å². The maximum Gasteiger partial charge on any atom is 0.249 e. The molecule has 6 nitrogen and oxygen atoms in total. The van der Waals surface area contributed by atoms with E-state index in [1.54, 1.807) is 12.1 Å². The van der Waals surface area contributed by atoms with Crippen LogP contribution in [0.25, 0.3) is 0 Å². The molecule has 1 aromatic carbocycles. The zero-order chi connectivity index (χ0) is 25.2. The van der Waals surface area contributed by atoms with Gasteiger partial charge in [0.05, 0.1) is 0 Å². The quantitative estimate of drug-likeness (QED) is 0.503. The van der Waals surface area contributed by atoms with Crippen LogP contribution in [0.15, 0.2) is 12.1 Å². The highest BCUT2D eigenvalue weighted by atomic mass is 16.2. The number of nitrogens with two attached hydrogens (primary N) is 2. The van der Waals surface area contributed by atoms with Crippen LogP contribution < -0.4 is 16.8 Å². The van der Waals surface area contributed by atoms with Gasteiger partial charge in [0.1, 0.15) is 0 Å². The van der Waals surface area contributed by atoms with Gasteiger partial charge in [0.25, 0.3) is 0 Å². The Kier molecular flexibility index (Phi) is 8.10. The Balaban J connectivity index is 1.83. The van der Waals surface area contributed by atoms with Crippen LogP contribution in [0.3, 0.4) is 0 Å². The topological polar surface area (TPSA) is 115 Å². The number of carbonyl (C=O) groups excluding carboxylic acids is 3. The maximum absolute atomic E-state index is 13.0. The van der Waals surface area contributed by atoms with E-state index in [2.05, 4.69) is 39.9 Å². The second-order valence-electron chi connectivity index (χ2n) is 12.0. The molecule has 0 unspecified atom stereocenters. The number of carbonyl (C=O) groups is 3. The molecule has 0 spiro atoms. The highest BCUT2D eigenvalue weighted by molar-refractivity contribution is 6.04. The Morgan fingerprint density at radius 1 is 0.853 bits per heavy atom. The van der Waals surface area contributed by atoms with Gasteiger partial charge in [-0.15, -0.1) is 0 Å². The summed E-state index contributed by atoms with van der Waals surface area (Å²) in [6.07, 6.45) is 7.63. The predicted molar refractivity (Wildman–Crippen MR) is 137 cm³/mol. The Hall–Kier alpha value is -2.37. The molecule has 0 aromatic heterocycles. The molecule has 0 radical (unpaired) electrons. The van der Waals surface area contributed by atoms with Gasteiger partial charge in [-0.2, -0.15) is 0 Å². The van der Waals surface area contributed by atoms with E-state index in [1.807, 2.05) is 0 Å². The zero-order valence-electron chi connectivity index (χ0n) is 21.6. The first-order chi connectivity index (χ1) is 15.9. The number of amides is 3. The van der Waals surface area contributed by atoms with Crippen LogP contribution in [0, 0.1) is 29.1 Å². The Morgan fingerprint density at radius 3 is 1.76 bits per heavy atom. The number of anilines is 1. The van der Waals surface area contributed by atoms with E-state index in [4.69, 9.17) is 11.5 Å². The van der Waals surface area contributed by atoms with E-state index in [1.165, 1.54) is 0 Å². The summed E-state index contributed by atoms with van der Waals surface area (Å²) in [7, 11) is 0. The third-order valence-electron chi connectivity index (χ3n) is 8.42. The van der Waals surface area contributed by atoms with Crippen molar-refractivity contribution in [2.24, 2.45) is 40.6 Å². The van der Waals surface area contributed by atoms with Crippen molar-refractivity contribution < 1.29 is 14.4 Å². The lowest BCUT2D eigenvalue weighted by Crippen LogP contribution is -2.30. The lowest BCUT2D eigenvalue weighted by atomic mass is 9.67. The van der Waals surface area contributed by atoms with Crippen molar-refractivity contribution in [1.82, 2.24) is 0 Å². The molecule has 0 saturated heterocycles. The predicted octanol–water partition coefficient (Wildman–Crippen LogP) is 5.61. The molecule has 1 aromatic rings.